The third-order valence-corrected chi connectivity index (χ3v) is 5.70. The number of benzene rings is 1. The fourth-order valence-electron chi connectivity index (χ4n) is 3.31. The Morgan fingerprint density at radius 2 is 1.90 bits per heavy atom. The molecule has 0 amide bonds. The zero-order valence-electron chi connectivity index (χ0n) is 11.5. The average Bonchev–Trinajstić information content (AvgIpc) is 2.39. The van der Waals surface area contributed by atoms with E-state index in [0.717, 1.165) is 46.7 Å². The second-order valence-corrected chi connectivity index (χ2v) is 7.58. The molecule has 20 heavy (non-hydrogen) atoms. The first-order valence-electron chi connectivity index (χ1n) is 7.36. The lowest BCUT2D eigenvalue weighted by atomic mass is 9.76. The van der Waals surface area contributed by atoms with Crippen LogP contribution in [0, 0.1) is 5.92 Å². The number of nitrogen functional groups attached to an aromatic ring is 1. The zero-order valence-corrected chi connectivity index (χ0v) is 14.7. The Balaban J connectivity index is 1.96. The lowest BCUT2D eigenvalue weighted by Gasteiger charge is -2.43. The fraction of sp³-hybridized carbons (Fsp3) is 0.600. The van der Waals surface area contributed by atoms with E-state index in [1.54, 1.807) is 0 Å². The molecule has 0 aromatic heterocycles. The number of nitrogens with one attached hydrogen (secondary N) is 1. The van der Waals surface area contributed by atoms with Gasteiger partial charge in [-0.2, -0.15) is 0 Å². The van der Waals surface area contributed by atoms with Gasteiger partial charge in [0.25, 0.3) is 0 Å². The Morgan fingerprint density at radius 1 is 1.20 bits per heavy atom. The quantitative estimate of drug-likeness (QED) is 0.759. The molecule has 0 bridgehead atoms. The minimum atomic E-state index is 0.472. The summed E-state index contributed by atoms with van der Waals surface area (Å²) in [6.45, 7) is 4.39. The molecule has 110 valence electrons. The van der Waals surface area contributed by atoms with Gasteiger partial charge >= 0.3 is 0 Å². The smallest absolute Gasteiger partial charge is 0.0507 e. The predicted molar refractivity (Wildman–Crippen MR) is 90.8 cm³/mol. The van der Waals surface area contributed by atoms with Crippen LogP contribution >= 0.6 is 31.9 Å². The highest BCUT2D eigenvalue weighted by molar-refractivity contribution is 9.11. The van der Waals surface area contributed by atoms with E-state index in [1.165, 1.54) is 24.8 Å². The molecule has 1 atom stereocenters. The highest BCUT2D eigenvalue weighted by atomic mass is 79.9. The SMILES string of the molecule is Nc1c(Br)cc(Br)cc1[C@H](C1CCC1)N1CCNCC1. The molecule has 2 aliphatic rings. The van der Waals surface area contributed by atoms with Crippen molar-refractivity contribution in [2.75, 3.05) is 31.9 Å². The van der Waals surface area contributed by atoms with Crippen molar-refractivity contribution in [3.63, 3.8) is 0 Å². The molecule has 1 aromatic rings. The van der Waals surface area contributed by atoms with Gasteiger partial charge in [-0.15, -0.1) is 0 Å². The molecule has 0 radical (unpaired) electrons. The van der Waals surface area contributed by atoms with E-state index in [9.17, 15) is 0 Å². The van der Waals surface area contributed by atoms with E-state index in [2.05, 4.69) is 48.1 Å². The Hall–Kier alpha value is -0.100. The first-order chi connectivity index (χ1) is 9.66. The molecule has 0 unspecified atom stereocenters. The van der Waals surface area contributed by atoms with Crippen LogP contribution in [0.5, 0.6) is 0 Å². The summed E-state index contributed by atoms with van der Waals surface area (Å²) in [7, 11) is 0. The number of hydrogen-bond acceptors (Lipinski definition) is 3. The van der Waals surface area contributed by atoms with E-state index >= 15 is 0 Å². The lowest BCUT2D eigenvalue weighted by Crippen LogP contribution is -2.48. The third-order valence-electron chi connectivity index (χ3n) is 4.59. The maximum Gasteiger partial charge on any atom is 0.0507 e. The number of nitrogens with zero attached hydrogens (tertiary/aromatic N) is 1. The van der Waals surface area contributed by atoms with Crippen molar-refractivity contribution in [3.05, 3.63) is 26.6 Å². The molecule has 3 N–H and O–H groups in total. The molecule has 1 aliphatic carbocycles. The second-order valence-electron chi connectivity index (χ2n) is 5.81. The number of piperazine rings is 1. The van der Waals surface area contributed by atoms with Gasteiger partial charge in [-0.1, -0.05) is 22.4 Å². The summed E-state index contributed by atoms with van der Waals surface area (Å²) in [5.41, 5.74) is 8.56. The average molecular weight is 403 g/mol. The number of nitrogens with two attached hydrogens (primary N) is 1. The van der Waals surface area contributed by atoms with Crippen molar-refractivity contribution in [1.29, 1.82) is 0 Å². The number of halogens is 2. The van der Waals surface area contributed by atoms with Gasteiger partial charge < -0.3 is 11.1 Å². The molecule has 1 heterocycles. The minimum absolute atomic E-state index is 0.472. The monoisotopic (exact) mass is 401 g/mol. The Bertz CT molecular complexity index is 482. The van der Waals surface area contributed by atoms with Crippen molar-refractivity contribution in [3.8, 4) is 0 Å². The van der Waals surface area contributed by atoms with Crippen molar-refractivity contribution < 1.29 is 0 Å². The third kappa shape index (κ3) is 2.91. The van der Waals surface area contributed by atoms with E-state index in [0.29, 0.717) is 6.04 Å². The summed E-state index contributed by atoms with van der Waals surface area (Å²) in [6.07, 6.45) is 4.03. The van der Waals surface area contributed by atoms with Crippen LogP contribution in [-0.2, 0) is 0 Å². The van der Waals surface area contributed by atoms with Crippen LogP contribution in [0.4, 0.5) is 5.69 Å². The predicted octanol–water partition coefficient (Wildman–Crippen LogP) is 3.54. The summed E-state index contributed by atoms with van der Waals surface area (Å²) in [5.74, 6) is 0.761. The Kier molecular flexibility index (Phi) is 4.70. The Labute approximate surface area is 137 Å². The lowest BCUT2D eigenvalue weighted by molar-refractivity contribution is 0.0841. The van der Waals surface area contributed by atoms with E-state index < -0.39 is 0 Å². The van der Waals surface area contributed by atoms with Gasteiger partial charge in [0.05, 0.1) is 5.69 Å². The first kappa shape index (κ1) is 14.8. The summed E-state index contributed by atoms with van der Waals surface area (Å²) in [6, 6.07) is 4.72. The molecular weight excluding hydrogens is 382 g/mol. The van der Waals surface area contributed by atoms with Crippen LogP contribution in [0.1, 0.15) is 30.9 Å². The number of rotatable bonds is 3. The van der Waals surface area contributed by atoms with Gasteiger partial charge in [0.1, 0.15) is 0 Å². The first-order valence-corrected chi connectivity index (χ1v) is 8.94. The molecule has 1 saturated heterocycles. The van der Waals surface area contributed by atoms with Crippen LogP contribution in [0.3, 0.4) is 0 Å². The fourth-order valence-corrected chi connectivity index (χ4v) is 4.57. The van der Waals surface area contributed by atoms with Crippen molar-refractivity contribution in [1.82, 2.24) is 10.2 Å². The van der Waals surface area contributed by atoms with Crippen molar-refractivity contribution >= 4 is 37.5 Å². The largest absolute Gasteiger partial charge is 0.398 e. The summed E-state index contributed by atoms with van der Waals surface area (Å²) in [5, 5.41) is 3.44. The van der Waals surface area contributed by atoms with Crippen LogP contribution in [0.2, 0.25) is 0 Å². The highest BCUT2D eigenvalue weighted by Gasteiger charge is 2.35. The maximum atomic E-state index is 6.37. The van der Waals surface area contributed by atoms with Gasteiger partial charge in [0.2, 0.25) is 0 Å². The molecular formula is C15H21Br2N3. The Morgan fingerprint density at radius 3 is 2.50 bits per heavy atom. The molecule has 5 heteroatoms. The van der Waals surface area contributed by atoms with Crippen LogP contribution in [0.25, 0.3) is 0 Å². The molecule has 3 nitrogen and oxygen atoms in total. The van der Waals surface area contributed by atoms with Gasteiger partial charge in [0.15, 0.2) is 0 Å². The highest BCUT2D eigenvalue weighted by Crippen LogP contribution is 2.45. The van der Waals surface area contributed by atoms with Gasteiger partial charge in [-0.25, -0.2) is 0 Å². The van der Waals surface area contributed by atoms with E-state index in [1.807, 2.05) is 6.07 Å². The van der Waals surface area contributed by atoms with Crippen LogP contribution < -0.4 is 11.1 Å². The van der Waals surface area contributed by atoms with Crippen molar-refractivity contribution in [2.45, 2.75) is 25.3 Å². The van der Waals surface area contributed by atoms with Crippen LogP contribution in [0.15, 0.2) is 21.1 Å². The summed E-state index contributed by atoms with van der Waals surface area (Å²) in [4.78, 5) is 2.62. The van der Waals surface area contributed by atoms with E-state index in [-0.39, 0.29) is 0 Å². The number of hydrogen-bond donors (Lipinski definition) is 2. The maximum absolute atomic E-state index is 6.37. The molecule has 1 aliphatic heterocycles. The van der Waals surface area contributed by atoms with Gasteiger partial charge in [0, 0.05) is 41.2 Å². The normalized spacial score (nSPS) is 22.5. The van der Waals surface area contributed by atoms with Gasteiger partial charge in [-0.3, -0.25) is 4.90 Å². The number of anilines is 1. The molecule has 0 spiro atoms. The minimum Gasteiger partial charge on any atom is -0.398 e. The van der Waals surface area contributed by atoms with Crippen molar-refractivity contribution in [2.24, 2.45) is 5.92 Å². The summed E-state index contributed by atoms with van der Waals surface area (Å²) < 4.78 is 2.11. The standard InChI is InChI=1S/C15H21Br2N3/c16-11-8-12(14(18)13(17)9-11)15(10-2-1-3-10)20-6-4-19-5-7-20/h8-10,15,19H,1-7,18H2/t15-/m0/s1. The molecule has 1 aromatic carbocycles. The molecule has 2 fully saturated rings. The topological polar surface area (TPSA) is 41.3 Å². The zero-order chi connectivity index (χ0) is 14.1. The summed E-state index contributed by atoms with van der Waals surface area (Å²) >= 11 is 7.20. The van der Waals surface area contributed by atoms with E-state index in [4.69, 9.17) is 5.73 Å². The second kappa shape index (κ2) is 6.34. The van der Waals surface area contributed by atoms with Gasteiger partial charge in [-0.05, 0) is 52.4 Å². The molecule has 3 rings (SSSR count). The van der Waals surface area contributed by atoms with Crippen LogP contribution in [-0.4, -0.2) is 31.1 Å². The molecule has 1 saturated carbocycles.